The zero-order chi connectivity index (χ0) is 12.3. The minimum atomic E-state index is -0.443. The van der Waals surface area contributed by atoms with Crippen molar-refractivity contribution in [3.63, 3.8) is 0 Å². The fourth-order valence-corrected chi connectivity index (χ4v) is 2.95. The number of thioether (sulfide) groups is 1. The van der Waals surface area contributed by atoms with Crippen LogP contribution in [0.4, 0.5) is 11.5 Å². The van der Waals surface area contributed by atoms with Crippen LogP contribution in [0.1, 0.15) is 12.8 Å². The van der Waals surface area contributed by atoms with Gasteiger partial charge in [-0.3, -0.25) is 10.1 Å². The average molecular weight is 274 g/mol. The molecule has 17 heavy (non-hydrogen) atoms. The van der Waals surface area contributed by atoms with Crippen LogP contribution in [0.2, 0.25) is 5.15 Å². The molecule has 0 amide bonds. The molecule has 0 saturated carbocycles. The summed E-state index contributed by atoms with van der Waals surface area (Å²) >= 11 is 7.61. The van der Waals surface area contributed by atoms with E-state index in [1.54, 1.807) is 0 Å². The van der Waals surface area contributed by atoms with Gasteiger partial charge in [0.15, 0.2) is 0 Å². The molecule has 0 aromatic carbocycles. The van der Waals surface area contributed by atoms with Crippen LogP contribution in [-0.2, 0) is 0 Å². The van der Waals surface area contributed by atoms with Crippen molar-refractivity contribution in [3.8, 4) is 0 Å². The minimum absolute atomic E-state index is 0.0232. The minimum Gasteiger partial charge on any atom is -0.361 e. The van der Waals surface area contributed by atoms with E-state index in [0.29, 0.717) is 0 Å². The number of anilines is 1. The monoisotopic (exact) mass is 273 g/mol. The van der Waals surface area contributed by atoms with Gasteiger partial charge in [0.2, 0.25) is 5.82 Å². The molecule has 1 fully saturated rings. The second-order valence-electron chi connectivity index (χ2n) is 3.82. The van der Waals surface area contributed by atoms with Crippen molar-refractivity contribution in [2.24, 2.45) is 0 Å². The van der Waals surface area contributed by atoms with E-state index in [9.17, 15) is 10.1 Å². The predicted octanol–water partition coefficient (Wildman–Crippen LogP) is 2.95. The van der Waals surface area contributed by atoms with Crippen LogP contribution in [0.3, 0.4) is 0 Å². The molecule has 0 radical (unpaired) electrons. The standard InChI is InChI=1S/C10H12ClN3O2S/c11-9-4-3-8(14(15)16)10(13-9)12-7-2-1-5-17-6-7/h3-4,7H,1-2,5-6H2,(H,12,13). The summed E-state index contributed by atoms with van der Waals surface area (Å²) in [4.78, 5) is 14.4. The highest BCUT2D eigenvalue weighted by atomic mass is 35.5. The molecule has 1 N–H and O–H groups in total. The Balaban J connectivity index is 2.17. The molecule has 1 unspecified atom stereocenters. The van der Waals surface area contributed by atoms with E-state index >= 15 is 0 Å². The van der Waals surface area contributed by atoms with Crippen molar-refractivity contribution in [1.82, 2.24) is 4.98 Å². The number of aromatic nitrogens is 1. The van der Waals surface area contributed by atoms with Gasteiger partial charge >= 0.3 is 5.69 Å². The fraction of sp³-hybridized carbons (Fsp3) is 0.500. The first-order valence-electron chi connectivity index (χ1n) is 5.32. The normalized spacial score (nSPS) is 19.9. The molecule has 1 saturated heterocycles. The molecule has 0 bridgehead atoms. The van der Waals surface area contributed by atoms with Gasteiger partial charge in [-0.25, -0.2) is 4.98 Å². The molecule has 92 valence electrons. The van der Waals surface area contributed by atoms with Crippen LogP contribution in [-0.4, -0.2) is 27.5 Å². The third-order valence-electron chi connectivity index (χ3n) is 2.54. The van der Waals surface area contributed by atoms with E-state index in [4.69, 9.17) is 11.6 Å². The lowest BCUT2D eigenvalue weighted by atomic mass is 10.2. The van der Waals surface area contributed by atoms with Crippen LogP contribution >= 0.6 is 23.4 Å². The van der Waals surface area contributed by atoms with Gasteiger partial charge in [-0.2, -0.15) is 11.8 Å². The van der Waals surface area contributed by atoms with Gasteiger partial charge in [-0.1, -0.05) is 11.6 Å². The smallest absolute Gasteiger partial charge is 0.311 e. The SMILES string of the molecule is O=[N+]([O-])c1ccc(Cl)nc1NC1CCCSC1. The highest BCUT2D eigenvalue weighted by Crippen LogP contribution is 2.27. The molecule has 1 aromatic rings. The Morgan fingerprint density at radius 1 is 1.59 bits per heavy atom. The summed E-state index contributed by atoms with van der Waals surface area (Å²) in [6, 6.07) is 3.05. The molecule has 7 heteroatoms. The fourth-order valence-electron chi connectivity index (χ4n) is 1.73. The van der Waals surface area contributed by atoms with Gasteiger partial charge in [0.1, 0.15) is 5.15 Å². The summed E-state index contributed by atoms with van der Waals surface area (Å²) in [6.45, 7) is 0. The molecule has 0 spiro atoms. The maximum Gasteiger partial charge on any atom is 0.311 e. The Hall–Kier alpha value is -1.01. The van der Waals surface area contributed by atoms with Crippen molar-refractivity contribution < 1.29 is 4.92 Å². The van der Waals surface area contributed by atoms with Crippen molar-refractivity contribution >= 4 is 34.9 Å². The van der Waals surface area contributed by atoms with Crippen LogP contribution in [0.25, 0.3) is 0 Å². The molecular formula is C10H12ClN3O2S. The third kappa shape index (κ3) is 3.23. The Morgan fingerprint density at radius 3 is 3.06 bits per heavy atom. The maximum atomic E-state index is 10.9. The lowest BCUT2D eigenvalue weighted by molar-refractivity contribution is -0.384. The van der Waals surface area contributed by atoms with Gasteiger partial charge in [0.05, 0.1) is 4.92 Å². The molecule has 0 aliphatic carbocycles. The van der Waals surface area contributed by atoms with E-state index in [0.717, 1.165) is 24.3 Å². The summed E-state index contributed by atoms with van der Waals surface area (Å²) in [6.07, 6.45) is 2.13. The van der Waals surface area contributed by atoms with Gasteiger partial charge in [-0.15, -0.1) is 0 Å². The first kappa shape index (κ1) is 12.4. The van der Waals surface area contributed by atoms with E-state index in [2.05, 4.69) is 10.3 Å². The first-order chi connectivity index (χ1) is 8.16. The largest absolute Gasteiger partial charge is 0.361 e. The van der Waals surface area contributed by atoms with Crippen molar-refractivity contribution in [3.05, 3.63) is 27.4 Å². The van der Waals surface area contributed by atoms with E-state index in [-0.39, 0.29) is 22.7 Å². The molecule has 1 aliphatic rings. The zero-order valence-corrected chi connectivity index (χ0v) is 10.6. The maximum absolute atomic E-state index is 10.9. The Morgan fingerprint density at radius 2 is 2.41 bits per heavy atom. The van der Waals surface area contributed by atoms with Crippen LogP contribution in [0.15, 0.2) is 12.1 Å². The van der Waals surface area contributed by atoms with Gasteiger partial charge in [0, 0.05) is 17.9 Å². The molecule has 2 rings (SSSR count). The van der Waals surface area contributed by atoms with E-state index in [1.807, 2.05) is 11.8 Å². The molecule has 1 atom stereocenters. The van der Waals surface area contributed by atoms with Crippen molar-refractivity contribution in [2.45, 2.75) is 18.9 Å². The summed E-state index contributed by atoms with van der Waals surface area (Å²) < 4.78 is 0. The molecular weight excluding hydrogens is 262 g/mol. The number of nitrogens with one attached hydrogen (secondary N) is 1. The van der Waals surface area contributed by atoms with E-state index in [1.165, 1.54) is 12.1 Å². The second kappa shape index (κ2) is 5.55. The number of hydrogen-bond acceptors (Lipinski definition) is 5. The van der Waals surface area contributed by atoms with Crippen LogP contribution in [0, 0.1) is 10.1 Å². The summed E-state index contributed by atoms with van der Waals surface area (Å²) in [5.41, 5.74) is -0.0232. The average Bonchev–Trinajstić information content (AvgIpc) is 2.30. The quantitative estimate of drug-likeness (QED) is 0.521. The van der Waals surface area contributed by atoms with Gasteiger partial charge in [0.25, 0.3) is 0 Å². The van der Waals surface area contributed by atoms with Gasteiger partial charge < -0.3 is 5.32 Å². The predicted molar refractivity (Wildman–Crippen MR) is 69.9 cm³/mol. The molecule has 1 aromatic heterocycles. The highest BCUT2D eigenvalue weighted by molar-refractivity contribution is 7.99. The van der Waals surface area contributed by atoms with Crippen molar-refractivity contribution in [2.75, 3.05) is 16.8 Å². The second-order valence-corrected chi connectivity index (χ2v) is 5.35. The summed E-state index contributed by atoms with van der Waals surface area (Å²) in [7, 11) is 0. The Bertz CT molecular complexity index is 424. The number of nitrogens with zero attached hydrogens (tertiary/aromatic N) is 2. The van der Waals surface area contributed by atoms with Crippen molar-refractivity contribution in [1.29, 1.82) is 0 Å². The molecule has 5 nitrogen and oxygen atoms in total. The molecule has 2 heterocycles. The third-order valence-corrected chi connectivity index (χ3v) is 3.96. The highest BCUT2D eigenvalue weighted by Gasteiger charge is 2.20. The van der Waals surface area contributed by atoms with Gasteiger partial charge in [-0.05, 0) is 24.7 Å². The molecule has 1 aliphatic heterocycles. The van der Waals surface area contributed by atoms with Crippen LogP contribution in [0.5, 0.6) is 0 Å². The summed E-state index contributed by atoms with van der Waals surface area (Å²) in [5, 5.41) is 14.2. The van der Waals surface area contributed by atoms with E-state index < -0.39 is 4.92 Å². The Labute approximate surface area is 108 Å². The zero-order valence-electron chi connectivity index (χ0n) is 9.06. The topological polar surface area (TPSA) is 68.1 Å². The van der Waals surface area contributed by atoms with Crippen LogP contribution < -0.4 is 5.32 Å². The number of hydrogen-bond donors (Lipinski definition) is 1. The number of nitro groups is 1. The number of rotatable bonds is 3. The lowest BCUT2D eigenvalue weighted by Gasteiger charge is -2.22. The number of halogens is 1. The Kier molecular flexibility index (Phi) is 4.06. The summed E-state index contributed by atoms with van der Waals surface area (Å²) in [5.74, 6) is 2.38. The number of pyridine rings is 1. The lowest BCUT2D eigenvalue weighted by Crippen LogP contribution is -2.26. The first-order valence-corrected chi connectivity index (χ1v) is 6.85.